The van der Waals surface area contributed by atoms with Crippen molar-refractivity contribution in [2.45, 2.75) is 10.5 Å². The fraction of sp³-hybridized carbons (Fsp3) is 0.0667. The van der Waals surface area contributed by atoms with Gasteiger partial charge in [0.2, 0.25) is 0 Å². The van der Waals surface area contributed by atoms with Crippen molar-refractivity contribution < 1.29 is 17.2 Å². The molecule has 0 aliphatic rings. The molecule has 0 aliphatic heterocycles. The lowest BCUT2D eigenvalue weighted by Gasteiger charge is -2.22. The zero-order valence-electron chi connectivity index (χ0n) is 19.4. The van der Waals surface area contributed by atoms with Gasteiger partial charge in [-0.2, -0.15) is 0 Å². The van der Waals surface area contributed by atoms with Crippen LogP contribution in [0.5, 0.6) is 0 Å². The van der Waals surface area contributed by atoms with Gasteiger partial charge in [-0.1, -0.05) is 72.8 Å². The second-order valence-electron chi connectivity index (χ2n) is 8.35. The van der Waals surface area contributed by atoms with Crippen molar-refractivity contribution >= 4 is 67.2 Å². The topological polar surface area (TPSA) is 34.1 Å². The van der Waals surface area contributed by atoms with Gasteiger partial charge in [-0.3, -0.25) is 0 Å². The van der Waals surface area contributed by atoms with E-state index >= 15 is 0 Å². The summed E-state index contributed by atoms with van der Waals surface area (Å²) in [5.41, 5.74) is 2.65. The Morgan fingerprint density at radius 2 is 0.865 bits per heavy atom. The molecule has 0 bridgehead atoms. The normalized spacial score (nSPS) is 13.7. The number of hydrogen-bond acceptors (Lipinski definition) is 2. The van der Waals surface area contributed by atoms with E-state index in [0.29, 0.717) is 22.3 Å². The van der Waals surface area contributed by atoms with Gasteiger partial charge in [-0.05, 0) is 116 Å². The molecule has 0 aliphatic carbocycles. The molecular weight excluding hydrogens is 716 g/mol. The molecule has 4 aromatic rings. The minimum absolute atomic E-state index is 0.358. The molecule has 7 heteroatoms. The largest absolute Gasteiger partial charge is 0.227 e. The molecule has 0 heterocycles. The van der Waals surface area contributed by atoms with Gasteiger partial charge in [0.05, 0.1) is 0 Å². The summed E-state index contributed by atoms with van der Waals surface area (Å²) in [6, 6.07) is 26.5. The van der Waals surface area contributed by atoms with E-state index in [2.05, 4.69) is 45.2 Å². The maximum Gasteiger partial charge on any atom is 0.171 e. The molecule has 37 heavy (non-hydrogen) atoms. The molecule has 2 nitrogen and oxygen atoms in total. The average Bonchev–Trinajstić information content (AvgIpc) is 2.88. The highest BCUT2D eigenvalue weighted by Crippen LogP contribution is 2.37. The standard InChI is InChI=1S/C30H22F2I2O2S/c31-25-11-1-21(2-12-25)5-19-29(23-7-15-27(33)16-8-23)37(35,36)30(24-9-17-28(34)18-10-24)20-6-22-3-13-26(32)14-4-22/h1-20,29-30H/b19-5+,20-6+. The van der Waals surface area contributed by atoms with Crippen LogP contribution in [-0.4, -0.2) is 8.42 Å². The van der Waals surface area contributed by atoms with Crippen LogP contribution in [0.15, 0.2) is 109 Å². The van der Waals surface area contributed by atoms with Crippen molar-refractivity contribution in [3.05, 3.63) is 150 Å². The molecule has 0 saturated heterocycles. The summed E-state index contributed by atoms with van der Waals surface area (Å²) in [4.78, 5) is 0. The first-order chi connectivity index (χ1) is 17.7. The quantitative estimate of drug-likeness (QED) is 0.170. The number of halogens is 4. The molecular formula is C30H22F2I2O2S. The Bertz CT molecular complexity index is 1390. The Morgan fingerprint density at radius 1 is 0.541 bits per heavy atom. The molecule has 0 spiro atoms. The lowest BCUT2D eigenvalue weighted by Crippen LogP contribution is -2.19. The van der Waals surface area contributed by atoms with Gasteiger partial charge in [0.1, 0.15) is 22.1 Å². The average molecular weight is 738 g/mol. The van der Waals surface area contributed by atoms with Crippen LogP contribution in [0.2, 0.25) is 0 Å². The molecule has 4 rings (SSSR count). The Kier molecular flexibility index (Phi) is 9.31. The first-order valence-corrected chi connectivity index (χ1v) is 15.1. The predicted octanol–water partition coefficient (Wildman–Crippen LogP) is 8.80. The molecule has 0 radical (unpaired) electrons. The highest BCUT2D eigenvalue weighted by Gasteiger charge is 2.33. The minimum atomic E-state index is -3.88. The van der Waals surface area contributed by atoms with Crippen molar-refractivity contribution in [1.29, 1.82) is 0 Å². The third-order valence-electron chi connectivity index (χ3n) is 5.77. The SMILES string of the molecule is O=S(=O)(C(/C=C/c1ccc(F)cc1)c1ccc(I)cc1)C(/C=C/c1ccc(F)cc1)c1ccc(I)cc1. The molecule has 4 aromatic carbocycles. The fourth-order valence-electron chi connectivity index (χ4n) is 3.83. The van der Waals surface area contributed by atoms with Crippen LogP contribution in [0.4, 0.5) is 8.78 Å². The second kappa shape index (κ2) is 12.4. The second-order valence-corrected chi connectivity index (χ2v) is 13.0. The van der Waals surface area contributed by atoms with Crippen LogP contribution in [0.25, 0.3) is 12.2 Å². The monoisotopic (exact) mass is 738 g/mol. The predicted molar refractivity (Wildman–Crippen MR) is 164 cm³/mol. The molecule has 188 valence electrons. The smallest absolute Gasteiger partial charge is 0.171 e. The van der Waals surface area contributed by atoms with E-state index in [1.54, 1.807) is 48.6 Å². The van der Waals surface area contributed by atoms with E-state index < -0.39 is 20.3 Å². The third kappa shape index (κ3) is 7.36. The minimum Gasteiger partial charge on any atom is -0.227 e. The van der Waals surface area contributed by atoms with Gasteiger partial charge in [0, 0.05) is 7.14 Å². The van der Waals surface area contributed by atoms with E-state index in [1.807, 2.05) is 48.5 Å². The lowest BCUT2D eigenvalue weighted by molar-refractivity contribution is 0.584. The van der Waals surface area contributed by atoms with Crippen LogP contribution in [0.3, 0.4) is 0 Å². The van der Waals surface area contributed by atoms with Crippen LogP contribution in [0.1, 0.15) is 32.8 Å². The summed E-state index contributed by atoms with van der Waals surface area (Å²) >= 11 is 4.36. The molecule has 0 fully saturated rings. The van der Waals surface area contributed by atoms with E-state index in [4.69, 9.17) is 0 Å². The van der Waals surface area contributed by atoms with Crippen molar-refractivity contribution in [3.8, 4) is 0 Å². The Balaban J connectivity index is 1.81. The van der Waals surface area contributed by atoms with Gasteiger partial charge in [0.25, 0.3) is 0 Å². The zero-order valence-corrected chi connectivity index (χ0v) is 24.6. The van der Waals surface area contributed by atoms with Gasteiger partial charge in [0.15, 0.2) is 9.84 Å². The summed E-state index contributed by atoms with van der Waals surface area (Å²) in [5.74, 6) is -0.715. The van der Waals surface area contributed by atoms with E-state index in [9.17, 15) is 17.2 Å². The fourth-order valence-corrected chi connectivity index (χ4v) is 6.53. The first kappa shape index (κ1) is 27.7. The van der Waals surface area contributed by atoms with Crippen LogP contribution in [0, 0.1) is 18.8 Å². The number of rotatable bonds is 8. The third-order valence-corrected chi connectivity index (χ3v) is 9.48. The van der Waals surface area contributed by atoms with Gasteiger partial charge in [-0.25, -0.2) is 17.2 Å². The van der Waals surface area contributed by atoms with E-state index in [1.165, 1.54) is 24.3 Å². The molecule has 0 N–H and O–H groups in total. The van der Waals surface area contributed by atoms with Gasteiger partial charge < -0.3 is 0 Å². The van der Waals surface area contributed by atoms with Crippen molar-refractivity contribution in [3.63, 3.8) is 0 Å². The van der Waals surface area contributed by atoms with Crippen molar-refractivity contribution in [2.24, 2.45) is 0 Å². The molecule has 0 amide bonds. The van der Waals surface area contributed by atoms with E-state index in [0.717, 1.165) is 7.14 Å². The van der Waals surface area contributed by atoms with Crippen LogP contribution in [-0.2, 0) is 9.84 Å². The number of hydrogen-bond donors (Lipinski definition) is 0. The van der Waals surface area contributed by atoms with Gasteiger partial charge >= 0.3 is 0 Å². The molecule has 2 atom stereocenters. The lowest BCUT2D eigenvalue weighted by atomic mass is 10.1. The van der Waals surface area contributed by atoms with Crippen LogP contribution >= 0.6 is 45.2 Å². The summed E-state index contributed by atoms with van der Waals surface area (Å²) in [7, 11) is -3.88. The van der Waals surface area contributed by atoms with Crippen LogP contribution < -0.4 is 0 Å². The van der Waals surface area contributed by atoms with E-state index in [-0.39, 0.29) is 11.6 Å². The Labute approximate surface area is 243 Å². The van der Waals surface area contributed by atoms with Crippen molar-refractivity contribution in [1.82, 2.24) is 0 Å². The summed E-state index contributed by atoms with van der Waals surface area (Å²) in [6.45, 7) is 0. The molecule has 0 saturated carbocycles. The first-order valence-electron chi connectivity index (χ1n) is 11.3. The highest BCUT2D eigenvalue weighted by atomic mass is 127. The van der Waals surface area contributed by atoms with Gasteiger partial charge in [-0.15, -0.1) is 0 Å². The van der Waals surface area contributed by atoms with Crippen molar-refractivity contribution in [2.75, 3.05) is 0 Å². The number of benzene rings is 4. The molecule has 2 unspecified atom stereocenters. The maximum absolute atomic E-state index is 14.3. The number of sulfone groups is 1. The summed E-state index contributed by atoms with van der Waals surface area (Å²) < 4.78 is 57.4. The Hall–Kier alpha value is -2.37. The maximum atomic E-state index is 14.3. The summed E-state index contributed by atoms with van der Waals surface area (Å²) in [6.07, 6.45) is 6.70. The zero-order chi connectivity index (χ0) is 26.4. The summed E-state index contributed by atoms with van der Waals surface area (Å²) in [5, 5.41) is -1.92. The Morgan fingerprint density at radius 3 is 1.19 bits per heavy atom. The highest BCUT2D eigenvalue weighted by molar-refractivity contribution is 14.1. The molecule has 0 aromatic heterocycles.